The van der Waals surface area contributed by atoms with Gasteiger partial charge in [-0.05, 0) is 56.2 Å². The third-order valence-corrected chi connectivity index (χ3v) is 4.02. The van der Waals surface area contributed by atoms with E-state index in [4.69, 9.17) is 9.47 Å². The number of carbonyl (C=O) groups is 2. The Morgan fingerprint density at radius 1 is 1.05 bits per heavy atom. The second-order valence-electron chi connectivity index (χ2n) is 6.25. The minimum atomic E-state index is -0.419. The zero-order valence-electron chi connectivity index (χ0n) is 13.5. The molecule has 1 saturated carbocycles. The molecule has 0 aromatic heterocycles. The molecule has 22 heavy (non-hydrogen) atoms. The molecule has 1 aliphatic rings. The van der Waals surface area contributed by atoms with E-state index in [0.29, 0.717) is 29.6 Å². The lowest BCUT2D eigenvalue weighted by molar-refractivity contribution is 0.00805. The van der Waals surface area contributed by atoms with Gasteiger partial charge in [0.1, 0.15) is 6.10 Å². The van der Waals surface area contributed by atoms with Gasteiger partial charge in [0.25, 0.3) is 0 Å². The fraction of sp³-hybridized carbons (Fsp3) is 0.556. The third-order valence-electron chi connectivity index (χ3n) is 4.02. The number of rotatable bonds is 4. The van der Waals surface area contributed by atoms with Crippen molar-refractivity contribution < 1.29 is 19.1 Å². The molecule has 0 aliphatic heterocycles. The van der Waals surface area contributed by atoms with Crippen LogP contribution in [0.2, 0.25) is 0 Å². The van der Waals surface area contributed by atoms with E-state index in [1.54, 1.807) is 25.1 Å². The summed E-state index contributed by atoms with van der Waals surface area (Å²) in [5.41, 5.74) is 0.776. The first kappa shape index (κ1) is 16.5. The Morgan fingerprint density at radius 2 is 1.64 bits per heavy atom. The Labute approximate surface area is 131 Å². The molecule has 2 unspecified atom stereocenters. The van der Waals surface area contributed by atoms with Crippen molar-refractivity contribution in [1.82, 2.24) is 0 Å². The van der Waals surface area contributed by atoms with E-state index in [1.807, 2.05) is 0 Å². The second kappa shape index (κ2) is 7.43. The molecule has 0 radical (unpaired) electrons. The van der Waals surface area contributed by atoms with Crippen LogP contribution in [0, 0.1) is 11.8 Å². The summed E-state index contributed by atoms with van der Waals surface area (Å²) in [6, 6.07) is 6.52. The Kier molecular flexibility index (Phi) is 5.58. The molecule has 2 rings (SSSR count). The fourth-order valence-corrected chi connectivity index (χ4v) is 3.18. The summed E-state index contributed by atoms with van der Waals surface area (Å²) in [5, 5.41) is 0. The zero-order chi connectivity index (χ0) is 16.1. The van der Waals surface area contributed by atoms with Crippen LogP contribution in [0.3, 0.4) is 0 Å². The lowest BCUT2D eigenvalue weighted by atomic mass is 9.82. The number of hydrogen-bond donors (Lipinski definition) is 0. The Bertz CT molecular complexity index is 528. The zero-order valence-corrected chi connectivity index (χ0v) is 13.5. The van der Waals surface area contributed by atoms with Gasteiger partial charge in [0.2, 0.25) is 0 Å². The van der Waals surface area contributed by atoms with Crippen LogP contribution >= 0.6 is 0 Å². The molecule has 0 N–H and O–H groups in total. The van der Waals surface area contributed by atoms with Gasteiger partial charge in [-0.3, -0.25) is 0 Å². The van der Waals surface area contributed by atoms with Gasteiger partial charge in [0, 0.05) is 0 Å². The number of ether oxygens (including phenoxy) is 2. The van der Waals surface area contributed by atoms with Crippen LogP contribution in [0.5, 0.6) is 0 Å². The lowest BCUT2D eigenvalue weighted by Gasteiger charge is -2.31. The standard InChI is InChI=1S/C18H24O4/c1-4-21-17(19)14-6-5-7-15(11-14)18(20)22-16-9-12(2)8-13(3)10-16/h5-7,11-13,16H,4,8-10H2,1-3H3. The molecule has 4 heteroatoms. The summed E-state index contributed by atoms with van der Waals surface area (Å²) >= 11 is 0. The SMILES string of the molecule is CCOC(=O)c1cccc(C(=O)OC2CC(C)CC(C)C2)c1. The van der Waals surface area contributed by atoms with E-state index in [1.165, 1.54) is 12.5 Å². The summed E-state index contributed by atoms with van der Waals surface area (Å²) in [4.78, 5) is 24.0. The highest BCUT2D eigenvalue weighted by Crippen LogP contribution is 2.30. The largest absolute Gasteiger partial charge is 0.462 e. The van der Waals surface area contributed by atoms with Crippen molar-refractivity contribution in [1.29, 1.82) is 0 Å². The van der Waals surface area contributed by atoms with Crippen LogP contribution in [0.15, 0.2) is 24.3 Å². The summed E-state index contributed by atoms with van der Waals surface area (Å²) < 4.78 is 10.6. The van der Waals surface area contributed by atoms with Crippen molar-refractivity contribution in [3.8, 4) is 0 Å². The lowest BCUT2D eigenvalue weighted by Crippen LogP contribution is -2.28. The highest BCUT2D eigenvalue weighted by atomic mass is 16.5. The van der Waals surface area contributed by atoms with Gasteiger partial charge in [-0.2, -0.15) is 0 Å². The molecule has 1 aromatic carbocycles. The molecule has 1 fully saturated rings. The quantitative estimate of drug-likeness (QED) is 0.793. The minimum absolute atomic E-state index is 0.0301. The first-order valence-electron chi connectivity index (χ1n) is 7.97. The molecule has 120 valence electrons. The smallest absolute Gasteiger partial charge is 0.338 e. The molecule has 1 aromatic rings. The average molecular weight is 304 g/mol. The number of benzene rings is 1. The van der Waals surface area contributed by atoms with Crippen molar-refractivity contribution in [2.24, 2.45) is 11.8 Å². The van der Waals surface area contributed by atoms with Crippen molar-refractivity contribution in [2.45, 2.75) is 46.1 Å². The Balaban J connectivity index is 2.03. The molecule has 2 atom stereocenters. The van der Waals surface area contributed by atoms with E-state index in [0.717, 1.165) is 12.8 Å². The number of hydrogen-bond acceptors (Lipinski definition) is 4. The predicted octanol–water partition coefficient (Wildman–Crippen LogP) is 3.84. The monoisotopic (exact) mass is 304 g/mol. The molecule has 0 bridgehead atoms. The van der Waals surface area contributed by atoms with Gasteiger partial charge in [-0.15, -0.1) is 0 Å². The molecule has 0 spiro atoms. The summed E-state index contributed by atoms with van der Waals surface area (Å²) in [5.74, 6) is 0.370. The first-order valence-corrected chi connectivity index (χ1v) is 7.97. The molecular weight excluding hydrogens is 280 g/mol. The van der Waals surface area contributed by atoms with E-state index in [2.05, 4.69) is 13.8 Å². The van der Waals surface area contributed by atoms with Gasteiger partial charge in [-0.25, -0.2) is 9.59 Å². The highest BCUT2D eigenvalue weighted by molar-refractivity contribution is 5.95. The van der Waals surface area contributed by atoms with Crippen molar-refractivity contribution in [3.05, 3.63) is 35.4 Å². The van der Waals surface area contributed by atoms with Crippen molar-refractivity contribution in [2.75, 3.05) is 6.61 Å². The Morgan fingerprint density at radius 3 is 2.23 bits per heavy atom. The van der Waals surface area contributed by atoms with Gasteiger partial charge in [0.05, 0.1) is 17.7 Å². The van der Waals surface area contributed by atoms with Crippen molar-refractivity contribution >= 4 is 11.9 Å². The van der Waals surface area contributed by atoms with E-state index in [9.17, 15) is 9.59 Å². The van der Waals surface area contributed by atoms with Crippen LogP contribution in [0.25, 0.3) is 0 Å². The van der Waals surface area contributed by atoms with Crippen LogP contribution in [-0.2, 0) is 9.47 Å². The molecule has 1 aliphatic carbocycles. The van der Waals surface area contributed by atoms with E-state index in [-0.39, 0.29) is 12.1 Å². The molecule has 0 heterocycles. The average Bonchev–Trinajstić information content (AvgIpc) is 2.46. The van der Waals surface area contributed by atoms with Gasteiger partial charge >= 0.3 is 11.9 Å². The van der Waals surface area contributed by atoms with Crippen LogP contribution in [-0.4, -0.2) is 24.6 Å². The van der Waals surface area contributed by atoms with Crippen molar-refractivity contribution in [3.63, 3.8) is 0 Å². The second-order valence-corrected chi connectivity index (χ2v) is 6.25. The topological polar surface area (TPSA) is 52.6 Å². The molecule has 0 saturated heterocycles. The van der Waals surface area contributed by atoms with E-state index < -0.39 is 5.97 Å². The van der Waals surface area contributed by atoms with E-state index >= 15 is 0 Å². The molecule has 4 nitrogen and oxygen atoms in total. The highest BCUT2D eigenvalue weighted by Gasteiger charge is 2.27. The maximum absolute atomic E-state index is 12.3. The van der Waals surface area contributed by atoms with Gasteiger partial charge in [0.15, 0.2) is 0 Å². The summed E-state index contributed by atoms with van der Waals surface area (Å²) in [7, 11) is 0. The molecular formula is C18H24O4. The minimum Gasteiger partial charge on any atom is -0.462 e. The normalized spacial score (nSPS) is 24.6. The van der Waals surface area contributed by atoms with Crippen LogP contribution in [0.4, 0.5) is 0 Å². The third kappa shape index (κ3) is 4.33. The van der Waals surface area contributed by atoms with Crippen LogP contribution in [0.1, 0.15) is 60.7 Å². The summed E-state index contributed by atoms with van der Waals surface area (Å²) in [6.07, 6.45) is 2.98. The van der Waals surface area contributed by atoms with Gasteiger partial charge < -0.3 is 9.47 Å². The summed E-state index contributed by atoms with van der Waals surface area (Å²) in [6.45, 7) is 6.45. The maximum atomic E-state index is 12.3. The first-order chi connectivity index (χ1) is 10.5. The fourth-order valence-electron chi connectivity index (χ4n) is 3.18. The van der Waals surface area contributed by atoms with Crippen LogP contribution < -0.4 is 0 Å². The number of esters is 2. The predicted molar refractivity (Wildman–Crippen MR) is 83.8 cm³/mol. The molecule has 0 amide bonds. The maximum Gasteiger partial charge on any atom is 0.338 e. The number of carbonyl (C=O) groups excluding carboxylic acids is 2. The Hall–Kier alpha value is -1.84. The van der Waals surface area contributed by atoms with Gasteiger partial charge in [-0.1, -0.05) is 19.9 Å².